The van der Waals surface area contributed by atoms with Crippen LogP contribution in [0.3, 0.4) is 0 Å². The van der Waals surface area contributed by atoms with E-state index < -0.39 is 0 Å². The van der Waals surface area contributed by atoms with Crippen molar-refractivity contribution in [3.05, 3.63) is 63.0 Å². The van der Waals surface area contributed by atoms with E-state index in [9.17, 15) is 5.26 Å². The van der Waals surface area contributed by atoms with Gasteiger partial charge in [0.2, 0.25) is 0 Å². The molecule has 2 aromatic rings. The largest absolute Gasteiger partial charge is 0.377 e. The topological polar surface area (TPSA) is 74.6 Å². The van der Waals surface area contributed by atoms with Crippen LogP contribution in [0.2, 0.25) is 0 Å². The highest BCUT2D eigenvalue weighted by molar-refractivity contribution is 5.79. The van der Waals surface area contributed by atoms with Gasteiger partial charge in [0.05, 0.1) is 5.57 Å². The van der Waals surface area contributed by atoms with E-state index in [1.54, 1.807) is 0 Å². The first-order chi connectivity index (χ1) is 12.3. The standard InChI is InChI=1S/C22H20N4/c1-14-10-20(15(2)9-19(14)18(11-23)12-24)21(13-25)17-6-7-22(26(4)5)16(3)8-17/h6-10H,1-5H3/b21-20+. The molecule has 0 aliphatic carbocycles. The van der Waals surface area contributed by atoms with Crippen molar-refractivity contribution in [1.82, 2.24) is 0 Å². The van der Waals surface area contributed by atoms with Crippen LogP contribution < -0.4 is 15.3 Å². The number of nitriles is 3. The first-order valence-electron chi connectivity index (χ1n) is 8.18. The van der Waals surface area contributed by atoms with Crippen LogP contribution in [0, 0.1) is 54.8 Å². The second-order valence-electron chi connectivity index (χ2n) is 6.46. The van der Waals surface area contributed by atoms with Gasteiger partial charge in [0.1, 0.15) is 23.8 Å². The number of rotatable bonds is 2. The molecule has 0 amide bonds. The highest BCUT2D eigenvalue weighted by Crippen LogP contribution is 2.22. The van der Waals surface area contributed by atoms with E-state index >= 15 is 0 Å². The maximum absolute atomic E-state index is 9.78. The average Bonchev–Trinajstić information content (AvgIpc) is 2.60. The van der Waals surface area contributed by atoms with E-state index in [-0.39, 0.29) is 5.57 Å². The van der Waals surface area contributed by atoms with Crippen LogP contribution in [0.5, 0.6) is 0 Å². The summed E-state index contributed by atoms with van der Waals surface area (Å²) in [6, 6.07) is 15.9. The van der Waals surface area contributed by atoms with Crippen molar-refractivity contribution in [2.45, 2.75) is 20.8 Å². The van der Waals surface area contributed by atoms with Crippen LogP contribution in [0.1, 0.15) is 22.3 Å². The van der Waals surface area contributed by atoms with Gasteiger partial charge in [-0.25, -0.2) is 0 Å². The maximum atomic E-state index is 9.78. The van der Waals surface area contributed by atoms with Crippen molar-refractivity contribution in [2.75, 3.05) is 19.0 Å². The van der Waals surface area contributed by atoms with Crippen LogP contribution in [0.25, 0.3) is 11.1 Å². The second kappa shape index (κ2) is 7.56. The van der Waals surface area contributed by atoms with Gasteiger partial charge in [-0.3, -0.25) is 0 Å². The Labute approximate surface area is 154 Å². The van der Waals surface area contributed by atoms with Gasteiger partial charge < -0.3 is 4.90 Å². The Bertz CT molecular complexity index is 1100. The number of nitrogens with zero attached hydrogens (tertiary/aromatic N) is 4. The molecule has 128 valence electrons. The summed E-state index contributed by atoms with van der Waals surface area (Å²) in [6.07, 6.45) is 0. The quantitative estimate of drug-likeness (QED) is 0.842. The highest BCUT2D eigenvalue weighted by atomic mass is 15.1. The summed E-state index contributed by atoms with van der Waals surface area (Å²) in [6.45, 7) is 5.77. The van der Waals surface area contributed by atoms with Gasteiger partial charge in [0.15, 0.2) is 0 Å². The van der Waals surface area contributed by atoms with Crippen LogP contribution in [0.4, 0.5) is 5.69 Å². The van der Waals surface area contributed by atoms with Crippen molar-refractivity contribution in [1.29, 1.82) is 15.8 Å². The first kappa shape index (κ1) is 18.8. The second-order valence-corrected chi connectivity index (χ2v) is 6.46. The van der Waals surface area contributed by atoms with E-state index in [1.165, 1.54) is 0 Å². The molecule has 4 nitrogen and oxygen atoms in total. The predicted octanol–water partition coefficient (Wildman–Crippen LogP) is 2.60. The summed E-state index contributed by atoms with van der Waals surface area (Å²) in [5, 5.41) is 29.5. The van der Waals surface area contributed by atoms with Crippen LogP contribution in [-0.2, 0) is 0 Å². The van der Waals surface area contributed by atoms with Gasteiger partial charge in [-0.1, -0.05) is 6.07 Å². The molecule has 0 aromatic heterocycles. The van der Waals surface area contributed by atoms with E-state index in [1.807, 2.05) is 82.2 Å². The van der Waals surface area contributed by atoms with Crippen LogP contribution in [-0.4, -0.2) is 14.1 Å². The minimum absolute atomic E-state index is 0.0850. The molecule has 0 saturated heterocycles. The summed E-state index contributed by atoms with van der Waals surface area (Å²) >= 11 is 0. The lowest BCUT2D eigenvalue weighted by Crippen LogP contribution is -2.20. The van der Waals surface area contributed by atoms with Gasteiger partial charge in [-0.2, -0.15) is 15.8 Å². The van der Waals surface area contributed by atoms with E-state index in [0.717, 1.165) is 33.2 Å². The molecule has 0 spiro atoms. The predicted molar refractivity (Wildman–Crippen MR) is 103 cm³/mol. The summed E-state index contributed by atoms with van der Waals surface area (Å²) < 4.78 is 0. The minimum atomic E-state index is 0.0850. The zero-order valence-corrected chi connectivity index (χ0v) is 15.7. The molecule has 26 heavy (non-hydrogen) atoms. The number of anilines is 1. The highest BCUT2D eigenvalue weighted by Gasteiger charge is 2.09. The van der Waals surface area contributed by atoms with E-state index in [0.29, 0.717) is 10.8 Å². The fourth-order valence-electron chi connectivity index (χ4n) is 3.09. The third kappa shape index (κ3) is 3.44. The van der Waals surface area contributed by atoms with Gasteiger partial charge in [-0.05, 0) is 72.5 Å². The monoisotopic (exact) mass is 340 g/mol. The van der Waals surface area contributed by atoms with Crippen LogP contribution >= 0.6 is 0 Å². The Hall–Kier alpha value is -3.55. The molecule has 0 atom stereocenters. The molecule has 0 saturated carbocycles. The molecule has 4 heteroatoms. The molecule has 0 unspecified atom stereocenters. The normalized spacial score (nSPS) is 11.0. The lowest BCUT2D eigenvalue weighted by molar-refractivity contribution is 1.11. The summed E-state index contributed by atoms with van der Waals surface area (Å²) in [5.41, 5.74) is 5.39. The van der Waals surface area contributed by atoms with Gasteiger partial charge in [-0.15, -0.1) is 0 Å². The maximum Gasteiger partial charge on any atom is 0.137 e. The minimum Gasteiger partial charge on any atom is -0.377 e. The van der Waals surface area contributed by atoms with Crippen molar-refractivity contribution >= 4 is 16.8 Å². The summed E-state index contributed by atoms with van der Waals surface area (Å²) in [4.78, 5) is 2.04. The Balaban J connectivity index is 2.85. The molecule has 0 bridgehead atoms. The SMILES string of the molecule is Cc1cc(/C(C#N)=c2\cc(C)c(=C(C#N)C#N)cc2C)ccc1N(C)C. The molecule has 0 N–H and O–H groups in total. The molecule has 0 fully saturated rings. The fourth-order valence-corrected chi connectivity index (χ4v) is 3.09. The third-order valence-electron chi connectivity index (χ3n) is 4.41. The van der Waals surface area contributed by atoms with Gasteiger partial charge in [0, 0.05) is 25.0 Å². The number of benzene rings is 2. The smallest absolute Gasteiger partial charge is 0.137 e. The number of hydrogen-bond acceptors (Lipinski definition) is 4. The summed E-state index contributed by atoms with van der Waals surface area (Å²) in [7, 11) is 3.98. The average molecular weight is 340 g/mol. The molecule has 0 heterocycles. The summed E-state index contributed by atoms with van der Waals surface area (Å²) in [5.74, 6) is 0. The van der Waals surface area contributed by atoms with Gasteiger partial charge >= 0.3 is 0 Å². The Morgan fingerprint density at radius 2 is 1.35 bits per heavy atom. The number of hydrogen-bond donors (Lipinski definition) is 0. The zero-order chi connectivity index (χ0) is 19.4. The molecule has 0 aliphatic rings. The third-order valence-corrected chi connectivity index (χ3v) is 4.41. The Kier molecular flexibility index (Phi) is 5.46. The fraction of sp³-hybridized carbons (Fsp3) is 0.227. The molecule has 2 rings (SSSR count). The van der Waals surface area contributed by atoms with E-state index in [4.69, 9.17) is 10.5 Å². The molecule has 2 aromatic carbocycles. The van der Waals surface area contributed by atoms with Crippen molar-refractivity contribution in [3.63, 3.8) is 0 Å². The molecule has 0 radical (unpaired) electrons. The molecule has 0 aliphatic heterocycles. The lowest BCUT2D eigenvalue weighted by atomic mass is 9.96. The zero-order valence-electron chi connectivity index (χ0n) is 15.7. The van der Waals surface area contributed by atoms with Crippen molar-refractivity contribution in [3.8, 4) is 18.2 Å². The Morgan fingerprint density at radius 3 is 1.85 bits per heavy atom. The van der Waals surface area contributed by atoms with Gasteiger partial charge in [0.25, 0.3) is 0 Å². The van der Waals surface area contributed by atoms with Crippen LogP contribution in [0.15, 0.2) is 30.3 Å². The first-order valence-corrected chi connectivity index (χ1v) is 8.18. The van der Waals surface area contributed by atoms with Crippen molar-refractivity contribution in [2.24, 2.45) is 0 Å². The Morgan fingerprint density at radius 1 is 0.769 bits per heavy atom. The van der Waals surface area contributed by atoms with E-state index in [2.05, 4.69) is 6.07 Å². The lowest BCUT2D eigenvalue weighted by Gasteiger charge is -2.16. The van der Waals surface area contributed by atoms with Crippen molar-refractivity contribution < 1.29 is 0 Å². The number of aryl methyl sites for hydroxylation is 3. The molecular formula is C22H20N4. The molecular weight excluding hydrogens is 320 g/mol.